The Bertz CT molecular complexity index is 1510. The van der Waals surface area contributed by atoms with Crippen molar-refractivity contribution in [1.29, 1.82) is 0 Å². The Balaban J connectivity index is 1.97. The normalized spacial score (nSPS) is 19.1. The fourth-order valence-electron chi connectivity index (χ4n) is 9.54. The molecule has 0 aromatic rings. The molecule has 1 rings (SSSR count). The Morgan fingerprint density at radius 3 is 1.44 bits per heavy atom. The van der Waals surface area contributed by atoms with E-state index < -0.39 is 49.5 Å². The molecule has 11 nitrogen and oxygen atoms in total. The van der Waals surface area contributed by atoms with Gasteiger partial charge < -0.3 is 45.1 Å². The van der Waals surface area contributed by atoms with Gasteiger partial charge in [0.2, 0.25) is 5.91 Å². The van der Waals surface area contributed by atoms with Gasteiger partial charge in [-0.05, 0) is 103 Å². The summed E-state index contributed by atoms with van der Waals surface area (Å²) in [6.07, 6.45) is 63.3. The zero-order valence-electron chi connectivity index (χ0n) is 49.2. The standard InChI is InChI=1S/C66H117NO10/c1-3-5-7-9-11-13-14-15-31-34-38-42-46-50-54-62(71)75-55-51-47-43-39-35-32-29-27-25-23-21-19-17-16-18-20-22-24-26-28-30-33-37-41-45-49-53-61(70)67-58(59(69)52-48-44-40-36-12-10-8-6-4-2)57-76-66-65(74)64(73)63(72)60(56-68)77-66/h4,6,9,11-12,14-16,18,36,48,52,58-60,63-66,68-69,72-74H,3,5,7-8,10,13,17,19-35,37-47,49-51,53-57H2,1-2H3,(H,67,70)/b6-4+,11-9-,15-14-,18-16-,36-12+,52-48+. The number of nitrogens with one attached hydrogen (secondary N) is 1. The van der Waals surface area contributed by atoms with Gasteiger partial charge in [-0.3, -0.25) is 9.59 Å². The number of amides is 1. The van der Waals surface area contributed by atoms with Crippen molar-refractivity contribution >= 4 is 11.9 Å². The van der Waals surface area contributed by atoms with Crippen LogP contribution in [0.2, 0.25) is 0 Å². The number of unbranched alkanes of at least 4 members (excludes halogenated alkanes) is 31. The van der Waals surface area contributed by atoms with Gasteiger partial charge in [-0.2, -0.15) is 0 Å². The SMILES string of the molecule is C/C=C/CC/C=C/CC/C=C/C(O)C(COC1OC(CO)C(O)C(O)C1O)NC(=O)CCCCCCCCCCCC/C=C\CCCCCCCCCCCCCCOC(=O)CCCCCCC/C=C\C/C=C\CCCC. The summed E-state index contributed by atoms with van der Waals surface area (Å²) in [6.45, 7) is 4.04. The third-order valence-electron chi connectivity index (χ3n) is 14.6. The molecule has 1 saturated heterocycles. The van der Waals surface area contributed by atoms with Crippen LogP contribution < -0.4 is 5.32 Å². The highest BCUT2D eigenvalue weighted by atomic mass is 16.7. The average Bonchev–Trinajstić information content (AvgIpc) is 3.43. The van der Waals surface area contributed by atoms with Gasteiger partial charge in [0.25, 0.3) is 0 Å². The van der Waals surface area contributed by atoms with Crippen LogP contribution in [-0.4, -0.2) is 100 Å². The lowest BCUT2D eigenvalue weighted by molar-refractivity contribution is -0.302. The summed E-state index contributed by atoms with van der Waals surface area (Å²) in [5, 5.41) is 54.2. The summed E-state index contributed by atoms with van der Waals surface area (Å²) >= 11 is 0. The molecule has 1 amide bonds. The van der Waals surface area contributed by atoms with Gasteiger partial charge in [-0.1, -0.05) is 228 Å². The van der Waals surface area contributed by atoms with E-state index in [0.29, 0.717) is 19.4 Å². The first-order chi connectivity index (χ1) is 37.7. The molecule has 446 valence electrons. The van der Waals surface area contributed by atoms with Crippen molar-refractivity contribution in [3.63, 3.8) is 0 Å². The smallest absolute Gasteiger partial charge is 0.305 e. The molecule has 7 atom stereocenters. The van der Waals surface area contributed by atoms with E-state index in [1.54, 1.807) is 6.08 Å². The van der Waals surface area contributed by atoms with Gasteiger partial charge in [-0.15, -0.1) is 0 Å². The number of carbonyl (C=O) groups is 2. The molecule has 0 saturated carbocycles. The third-order valence-corrected chi connectivity index (χ3v) is 14.6. The number of hydrogen-bond acceptors (Lipinski definition) is 10. The van der Waals surface area contributed by atoms with Gasteiger partial charge >= 0.3 is 5.97 Å². The maximum atomic E-state index is 13.0. The molecule has 1 aliphatic rings. The highest BCUT2D eigenvalue weighted by Crippen LogP contribution is 2.23. The van der Waals surface area contributed by atoms with Crippen LogP contribution in [0.3, 0.4) is 0 Å². The number of carbonyl (C=O) groups excluding carboxylic acids is 2. The van der Waals surface area contributed by atoms with Gasteiger partial charge in [-0.25, -0.2) is 0 Å². The fourth-order valence-corrected chi connectivity index (χ4v) is 9.54. The third kappa shape index (κ3) is 44.5. The van der Waals surface area contributed by atoms with Crippen LogP contribution in [-0.2, 0) is 23.8 Å². The number of hydrogen-bond donors (Lipinski definition) is 6. The molecule has 0 aromatic carbocycles. The minimum absolute atomic E-state index is 0.0120. The van der Waals surface area contributed by atoms with Gasteiger partial charge in [0.15, 0.2) is 6.29 Å². The molecule has 1 fully saturated rings. The second kappa shape index (κ2) is 55.0. The van der Waals surface area contributed by atoms with E-state index in [0.717, 1.165) is 77.0 Å². The lowest BCUT2D eigenvalue weighted by atomic mass is 9.99. The average molecular weight is 1080 g/mol. The zero-order chi connectivity index (χ0) is 55.9. The Morgan fingerprint density at radius 2 is 0.935 bits per heavy atom. The van der Waals surface area contributed by atoms with Crippen molar-refractivity contribution in [1.82, 2.24) is 5.32 Å². The molecule has 11 heteroatoms. The van der Waals surface area contributed by atoms with Gasteiger partial charge in [0.05, 0.1) is 32.0 Å². The predicted octanol–water partition coefficient (Wildman–Crippen LogP) is 15.2. The highest BCUT2D eigenvalue weighted by molar-refractivity contribution is 5.76. The Hall–Kier alpha value is -2.90. The van der Waals surface area contributed by atoms with Crippen molar-refractivity contribution in [3.05, 3.63) is 72.9 Å². The predicted molar refractivity (Wildman–Crippen MR) is 319 cm³/mol. The summed E-state index contributed by atoms with van der Waals surface area (Å²) in [7, 11) is 0. The van der Waals surface area contributed by atoms with Crippen molar-refractivity contribution in [2.75, 3.05) is 19.8 Å². The Kier molecular flexibility index (Phi) is 51.5. The molecule has 1 heterocycles. The van der Waals surface area contributed by atoms with Crippen molar-refractivity contribution in [3.8, 4) is 0 Å². The first-order valence-corrected chi connectivity index (χ1v) is 31.7. The molecule has 1 aliphatic heterocycles. The number of aliphatic hydroxyl groups is 5. The molecule has 7 unspecified atom stereocenters. The van der Waals surface area contributed by atoms with E-state index in [1.165, 1.54) is 167 Å². The second-order valence-corrected chi connectivity index (χ2v) is 21.7. The molecular formula is C66H117NO10. The van der Waals surface area contributed by atoms with E-state index in [9.17, 15) is 35.1 Å². The second-order valence-electron chi connectivity index (χ2n) is 21.7. The van der Waals surface area contributed by atoms with E-state index in [4.69, 9.17) is 14.2 Å². The molecule has 0 aliphatic carbocycles. The van der Waals surface area contributed by atoms with Crippen molar-refractivity contribution < 1.29 is 49.3 Å². The van der Waals surface area contributed by atoms with E-state index in [1.807, 2.05) is 19.1 Å². The molecule has 0 aromatic heterocycles. The van der Waals surface area contributed by atoms with Crippen LogP contribution in [0.1, 0.15) is 271 Å². The molecule has 77 heavy (non-hydrogen) atoms. The highest BCUT2D eigenvalue weighted by Gasteiger charge is 2.44. The lowest BCUT2D eigenvalue weighted by Crippen LogP contribution is -2.60. The zero-order valence-corrected chi connectivity index (χ0v) is 49.2. The first kappa shape index (κ1) is 72.1. The van der Waals surface area contributed by atoms with E-state index in [2.05, 4.69) is 66.9 Å². The quantitative estimate of drug-likeness (QED) is 0.0195. The topological polar surface area (TPSA) is 175 Å². The monoisotopic (exact) mass is 1080 g/mol. The minimum Gasteiger partial charge on any atom is -0.466 e. The van der Waals surface area contributed by atoms with Crippen LogP contribution in [0, 0.1) is 0 Å². The summed E-state index contributed by atoms with van der Waals surface area (Å²) in [5.41, 5.74) is 0. The molecular weight excluding hydrogens is 967 g/mol. The number of ether oxygens (including phenoxy) is 3. The van der Waals surface area contributed by atoms with Crippen LogP contribution in [0.15, 0.2) is 72.9 Å². The van der Waals surface area contributed by atoms with E-state index >= 15 is 0 Å². The number of esters is 1. The summed E-state index contributed by atoms with van der Waals surface area (Å²) in [5.74, 6) is -0.214. The van der Waals surface area contributed by atoms with Crippen molar-refractivity contribution in [2.24, 2.45) is 0 Å². The Labute approximate surface area is 471 Å². The van der Waals surface area contributed by atoms with Crippen LogP contribution >= 0.6 is 0 Å². The van der Waals surface area contributed by atoms with E-state index in [-0.39, 0.29) is 18.5 Å². The van der Waals surface area contributed by atoms with Gasteiger partial charge in [0, 0.05) is 12.8 Å². The summed E-state index contributed by atoms with van der Waals surface area (Å²) < 4.78 is 16.7. The minimum atomic E-state index is -1.58. The number of rotatable bonds is 54. The van der Waals surface area contributed by atoms with Crippen molar-refractivity contribution in [2.45, 2.75) is 314 Å². The molecule has 0 bridgehead atoms. The molecule has 6 N–H and O–H groups in total. The Morgan fingerprint density at radius 1 is 0.506 bits per heavy atom. The first-order valence-electron chi connectivity index (χ1n) is 31.7. The molecule has 0 spiro atoms. The summed E-state index contributed by atoms with van der Waals surface area (Å²) in [6, 6.07) is -0.836. The van der Waals surface area contributed by atoms with Gasteiger partial charge in [0.1, 0.15) is 24.4 Å². The largest absolute Gasteiger partial charge is 0.466 e. The lowest BCUT2D eigenvalue weighted by Gasteiger charge is -2.40. The molecule has 0 radical (unpaired) electrons. The maximum absolute atomic E-state index is 13.0. The van der Waals surface area contributed by atoms with Crippen LogP contribution in [0.4, 0.5) is 0 Å². The maximum Gasteiger partial charge on any atom is 0.305 e. The summed E-state index contributed by atoms with van der Waals surface area (Å²) in [4.78, 5) is 25.0. The number of allylic oxidation sites excluding steroid dienone is 11. The fraction of sp³-hybridized carbons (Fsp3) is 0.788. The van der Waals surface area contributed by atoms with Crippen LogP contribution in [0.5, 0.6) is 0 Å². The number of aliphatic hydroxyl groups excluding tert-OH is 5. The van der Waals surface area contributed by atoms with Crippen LogP contribution in [0.25, 0.3) is 0 Å².